The third-order valence-electron chi connectivity index (χ3n) is 4.20. The van der Waals surface area contributed by atoms with E-state index in [1.54, 1.807) is 24.4 Å². The molecule has 3 heterocycles. The van der Waals surface area contributed by atoms with E-state index < -0.39 is 16.0 Å². The molecule has 1 aliphatic rings. The highest BCUT2D eigenvalue weighted by molar-refractivity contribution is 7.13. The Bertz CT molecular complexity index is 1110. The lowest BCUT2D eigenvalue weighted by Gasteiger charge is -2.20. The van der Waals surface area contributed by atoms with Gasteiger partial charge in [0.15, 0.2) is 0 Å². The molecule has 1 amide bonds. The van der Waals surface area contributed by atoms with Gasteiger partial charge in [0.2, 0.25) is 0 Å². The van der Waals surface area contributed by atoms with Gasteiger partial charge in [-0.1, -0.05) is 0 Å². The Hall–Kier alpha value is -3.77. The predicted molar refractivity (Wildman–Crippen MR) is 100 cm³/mol. The predicted octanol–water partition coefficient (Wildman–Crippen LogP) is 2.71. The van der Waals surface area contributed by atoms with Crippen LogP contribution in [0.4, 0.5) is 17.1 Å². The van der Waals surface area contributed by atoms with Crippen molar-refractivity contribution in [1.82, 2.24) is 15.3 Å². The number of non-ortho nitro benzene ring substituents is 1. The van der Waals surface area contributed by atoms with Gasteiger partial charge in [0.05, 0.1) is 21.1 Å². The average Bonchev–Trinajstić information content (AvgIpc) is 3.31. The molecule has 1 unspecified atom stereocenters. The number of rotatable bonds is 5. The van der Waals surface area contributed by atoms with E-state index in [1.165, 1.54) is 11.3 Å². The number of benzene rings is 1. The smallest absolute Gasteiger partial charge is 0.294 e. The van der Waals surface area contributed by atoms with E-state index in [1.807, 2.05) is 9.95 Å². The molecule has 0 bridgehead atoms. The minimum absolute atomic E-state index is 0.0921. The largest absolute Gasteiger partial charge is 0.330 e. The van der Waals surface area contributed by atoms with Crippen LogP contribution in [0.2, 0.25) is 0 Å². The van der Waals surface area contributed by atoms with Crippen LogP contribution in [0.3, 0.4) is 0 Å². The van der Waals surface area contributed by atoms with Crippen LogP contribution in [0.5, 0.6) is 0 Å². The Morgan fingerprint density at radius 2 is 1.96 bits per heavy atom. The number of nitro groups is 2. The van der Waals surface area contributed by atoms with Crippen LogP contribution in [0.25, 0.3) is 5.00 Å². The molecule has 11 nitrogen and oxygen atoms in total. The number of anilines is 1. The second-order valence-corrected chi connectivity index (χ2v) is 6.73. The zero-order valence-corrected chi connectivity index (χ0v) is 14.8. The SMILES string of the molecule is O=C1NC(NNc2cc([N+](=O)[O-])ccc2[N+](=O)[O-])c2cccn2-c2sccc21. The fraction of sp³-hybridized carbons (Fsp3) is 0.0625. The van der Waals surface area contributed by atoms with Crippen LogP contribution < -0.4 is 16.2 Å². The maximum Gasteiger partial charge on any atom is 0.294 e. The maximum atomic E-state index is 12.5. The first-order valence-electron chi connectivity index (χ1n) is 7.96. The van der Waals surface area contributed by atoms with Crippen LogP contribution in [0.15, 0.2) is 48.0 Å². The van der Waals surface area contributed by atoms with Crippen LogP contribution in [-0.2, 0) is 0 Å². The zero-order chi connectivity index (χ0) is 19.8. The summed E-state index contributed by atoms with van der Waals surface area (Å²) >= 11 is 1.41. The molecule has 0 saturated carbocycles. The second-order valence-electron chi connectivity index (χ2n) is 5.83. The van der Waals surface area contributed by atoms with E-state index in [0.29, 0.717) is 11.3 Å². The molecule has 0 radical (unpaired) electrons. The third-order valence-corrected chi connectivity index (χ3v) is 5.11. The summed E-state index contributed by atoms with van der Waals surface area (Å²) < 4.78 is 1.83. The van der Waals surface area contributed by atoms with E-state index in [4.69, 9.17) is 0 Å². The molecule has 1 aliphatic heterocycles. The summed E-state index contributed by atoms with van der Waals surface area (Å²) in [6.07, 6.45) is 1.07. The van der Waals surface area contributed by atoms with Crippen molar-refractivity contribution >= 4 is 34.3 Å². The molecule has 0 spiro atoms. The second kappa shape index (κ2) is 6.75. The molecule has 0 aliphatic carbocycles. The summed E-state index contributed by atoms with van der Waals surface area (Å²) in [5, 5.41) is 27.6. The van der Waals surface area contributed by atoms with Crippen molar-refractivity contribution in [2.45, 2.75) is 6.17 Å². The molecule has 0 fully saturated rings. The molecule has 1 atom stereocenters. The summed E-state index contributed by atoms with van der Waals surface area (Å²) in [6.45, 7) is 0. The Morgan fingerprint density at radius 1 is 1.14 bits per heavy atom. The first kappa shape index (κ1) is 17.6. The Labute approximate surface area is 160 Å². The number of nitrogens with zero attached hydrogens (tertiary/aromatic N) is 3. The Balaban J connectivity index is 1.65. The minimum Gasteiger partial charge on any atom is -0.330 e. The lowest BCUT2D eigenvalue weighted by molar-refractivity contribution is -0.388. The van der Waals surface area contributed by atoms with Crippen LogP contribution in [-0.4, -0.2) is 20.3 Å². The van der Waals surface area contributed by atoms with Gasteiger partial charge in [0, 0.05) is 24.4 Å². The van der Waals surface area contributed by atoms with Crippen LogP contribution in [0, 0.1) is 20.2 Å². The van der Waals surface area contributed by atoms with Crippen molar-refractivity contribution in [3.05, 3.63) is 79.5 Å². The molecular weight excluding hydrogens is 388 g/mol. The van der Waals surface area contributed by atoms with Crippen molar-refractivity contribution in [2.24, 2.45) is 0 Å². The zero-order valence-electron chi connectivity index (χ0n) is 14.0. The standard InChI is InChI=1S/C16H12N6O5S/c23-15-10-5-7-28-16(10)20-6-1-2-13(20)14(17-15)19-18-11-8-9(21(24)25)3-4-12(11)22(26)27/h1-8,14,18-19H,(H,17,23). The number of nitro benzene ring substituents is 2. The average molecular weight is 400 g/mol. The van der Waals surface area contributed by atoms with Crippen molar-refractivity contribution in [2.75, 3.05) is 5.43 Å². The number of thiophene rings is 1. The topological polar surface area (TPSA) is 144 Å². The van der Waals surface area contributed by atoms with Gasteiger partial charge in [-0.25, -0.2) is 5.43 Å². The monoisotopic (exact) mass is 400 g/mol. The third kappa shape index (κ3) is 2.95. The number of carbonyl (C=O) groups excluding carboxylic acids is 1. The van der Waals surface area contributed by atoms with Gasteiger partial charge in [-0.3, -0.25) is 25.0 Å². The van der Waals surface area contributed by atoms with Gasteiger partial charge in [0.25, 0.3) is 17.3 Å². The Morgan fingerprint density at radius 3 is 2.71 bits per heavy atom. The first-order chi connectivity index (χ1) is 13.5. The van der Waals surface area contributed by atoms with Crippen molar-refractivity contribution in [3.8, 4) is 5.00 Å². The number of hydrazine groups is 1. The normalized spacial score (nSPS) is 15.1. The van der Waals surface area contributed by atoms with Crippen molar-refractivity contribution in [3.63, 3.8) is 0 Å². The summed E-state index contributed by atoms with van der Waals surface area (Å²) in [7, 11) is 0. The van der Waals surface area contributed by atoms with E-state index in [-0.39, 0.29) is 23.0 Å². The quantitative estimate of drug-likeness (QED) is 0.441. The number of nitrogens with one attached hydrogen (secondary N) is 3. The summed E-state index contributed by atoms with van der Waals surface area (Å²) in [5.74, 6) is -0.312. The van der Waals surface area contributed by atoms with Gasteiger partial charge in [-0.2, -0.15) is 0 Å². The van der Waals surface area contributed by atoms with E-state index >= 15 is 0 Å². The molecule has 1 aromatic carbocycles. The number of fused-ring (bicyclic) bond motifs is 3. The number of carbonyl (C=O) groups is 1. The first-order valence-corrected chi connectivity index (χ1v) is 8.84. The van der Waals surface area contributed by atoms with Gasteiger partial charge >= 0.3 is 0 Å². The lowest BCUT2D eigenvalue weighted by Crippen LogP contribution is -2.40. The highest BCUT2D eigenvalue weighted by Gasteiger charge is 2.28. The lowest BCUT2D eigenvalue weighted by atomic mass is 10.2. The summed E-state index contributed by atoms with van der Waals surface area (Å²) in [6, 6.07) is 8.46. The van der Waals surface area contributed by atoms with Gasteiger partial charge in [0.1, 0.15) is 16.9 Å². The number of amides is 1. The molecule has 3 aromatic rings. The van der Waals surface area contributed by atoms with Crippen LogP contribution >= 0.6 is 11.3 Å². The van der Waals surface area contributed by atoms with Crippen LogP contribution in [0.1, 0.15) is 22.2 Å². The minimum atomic E-state index is -0.735. The van der Waals surface area contributed by atoms with Gasteiger partial charge in [-0.15, -0.1) is 11.3 Å². The molecule has 12 heteroatoms. The number of aromatic nitrogens is 1. The molecular formula is C16H12N6O5S. The van der Waals surface area contributed by atoms with E-state index in [2.05, 4.69) is 16.2 Å². The number of hydrogen-bond donors (Lipinski definition) is 3. The highest BCUT2D eigenvalue weighted by atomic mass is 32.1. The fourth-order valence-electron chi connectivity index (χ4n) is 2.91. The maximum absolute atomic E-state index is 12.5. The van der Waals surface area contributed by atoms with Crippen molar-refractivity contribution < 1.29 is 14.6 Å². The highest BCUT2D eigenvalue weighted by Crippen LogP contribution is 2.31. The summed E-state index contributed by atoms with van der Waals surface area (Å²) in [4.78, 5) is 33.4. The number of hydrogen-bond acceptors (Lipinski definition) is 8. The molecule has 3 N–H and O–H groups in total. The fourth-order valence-corrected chi connectivity index (χ4v) is 3.82. The van der Waals surface area contributed by atoms with E-state index in [0.717, 1.165) is 23.2 Å². The Kier molecular flexibility index (Phi) is 4.25. The molecule has 142 valence electrons. The van der Waals surface area contributed by atoms with Gasteiger partial charge < -0.3 is 15.3 Å². The molecule has 28 heavy (non-hydrogen) atoms. The van der Waals surface area contributed by atoms with E-state index in [9.17, 15) is 25.0 Å². The van der Waals surface area contributed by atoms with Gasteiger partial charge in [-0.05, 0) is 23.6 Å². The molecule has 0 saturated heterocycles. The molecule has 4 rings (SSSR count). The summed E-state index contributed by atoms with van der Waals surface area (Å²) in [5.41, 5.74) is 5.91. The van der Waals surface area contributed by atoms with Crippen molar-refractivity contribution in [1.29, 1.82) is 0 Å². The molecule has 2 aromatic heterocycles.